The van der Waals surface area contributed by atoms with Crippen LogP contribution in [-0.2, 0) is 17.3 Å². The molecule has 2 rings (SSSR count). The van der Waals surface area contributed by atoms with E-state index in [1.165, 1.54) is 11.3 Å². The van der Waals surface area contributed by atoms with Crippen molar-refractivity contribution >= 4 is 39.6 Å². The van der Waals surface area contributed by atoms with Gasteiger partial charge in [-0.2, -0.15) is 0 Å². The summed E-state index contributed by atoms with van der Waals surface area (Å²) < 4.78 is 11.7. The average molecular weight is 343 g/mol. The van der Waals surface area contributed by atoms with Gasteiger partial charge in [-0.25, -0.2) is 4.98 Å². The van der Waals surface area contributed by atoms with E-state index in [0.29, 0.717) is 21.6 Å². The lowest BCUT2D eigenvalue weighted by atomic mass is 10.2. The molecule has 2 aromatic rings. The third-order valence-electron chi connectivity index (χ3n) is 2.99. The molecular weight excluding hydrogens is 328 g/mol. The van der Waals surface area contributed by atoms with E-state index in [0.717, 1.165) is 10.5 Å². The number of thiazole rings is 1. The minimum absolute atomic E-state index is 0.0972. The molecule has 0 spiro atoms. The summed E-state index contributed by atoms with van der Waals surface area (Å²) in [6, 6.07) is 7.40. The van der Waals surface area contributed by atoms with Crippen molar-refractivity contribution in [3.8, 4) is 0 Å². The summed E-state index contributed by atoms with van der Waals surface area (Å²) in [6.07, 6.45) is 1.64. The highest BCUT2D eigenvalue weighted by molar-refractivity contribution is 7.84. The Labute approximate surface area is 135 Å². The molecule has 0 aliphatic carbocycles. The van der Waals surface area contributed by atoms with E-state index in [1.54, 1.807) is 25.1 Å². The maximum atomic E-state index is 12.3. The molecule has 0 aliphatic heterocycles. The minimum atomic E-state index is -0.991. The van der Waals surface area contributed by atoms with Gasteiger partial charge < -0.3 is 4.90 Å². The van der Waals surface area contributed by atoms with Crippen molar-refractivity contribution in [3.05, 3.63) is 44.9 Å². The zero-order valence-electron chi connectivity index (χ0n) is 11.9. The Morgan fingerprint density at radius 2 is 2.00 bits per heavy atom. The number of benzene rings is 1. The Kier molecular flexibility index (Phi) is 5.13. The summed E-state index contributed by atoms with van der Waals surface area (Å²) in [7, 11) is 0.747. The Morgan fingerprint density at radius 3 is 2.48 bits per heavy atom. The molecule has 21 heavy (non-hydrogen) atoms. The van der Waals surface area contributed by atoms with E-state index >= 15 is 0 Å². The van der Waals surface area contributed by atoms with Gasteiger partial charge in [0.25, 0.3) is 5.91 Å². The molecule has 1 aromatic carbocycles. The van der Waals surface area contributed by atoms with Crippen molar-refractivity contribution in [2.75, 3.05) is 13.3 Å². The fourth-order valence-electron chi connectivity index (χ4n) is 1.87. The number of rotatable bonds is 4. The van der Waals surface area contributed by atoms with Crippen molar-refractivity contribution in [1.29, 1.82) is 0 Å². The molecule has 4 nitrogen and oxygen atoms in total. The Morgan fingerprint density at radius 1 is 1.38 bits per heavy atom. The summed E-state index contributed by atoms with van der Waals surface area (Å²) in [5, 5.41) is 0. The predicted octanol–water partition coefficient (Wildman–Crippen LogP) is 3.11. The normalized spacial score (nSPS) is 12.2. The smallest absolute Gasteiger partial charge is 0.265 e. The lowest BCUT2D eigenvalue weighted by Gasteiger charge is -2.16. The molecule has 0 saturated carbocycles. The standard InChI is InChI=1S/C14H15ClN2O2S2/c1-9-12(20-14(15)16-9)13(18)17(2)8-10-4-6-11(7-5-10)21(3)19/h4-7H,8H2,1-3H3/t21-/m0/s1. The molecule has 1 heterocycles. The maximum Gasteiger partial charge on any atom is 0.265 e. The third-order valence-corrected chi connectivity index (χ3v) is 5.17. The zero-order valence-corrected chi connectivity index (χ0v) is 14.3. The van der Waals surface area contributed by atoms with Crippen molar-refractivity contribution < 1.29 is 9.00 Å². The highest BCUT2D eigenvalue weighted by atomic mass is 35.5. The molecule has 0 N–H and O–H groups in total. The Bertz CT molecular complexity index is 683. The number of aromatic nitrogens is 1. The number of aryl methyl sites for hydroxylation is 1. The van der Waals surface area contributed by atoms with Crippen LogP contribution in [0.2, 0.25) is 4.47 Å². The second-order valence-corrected chi connectivity index (χ2v) is 7.60. The summed E-state index contributed by atoms with van der Waals surface area (Å²) in [6.45, 7) is 2.25. The zero-order chi connectivity index (χ0) is 15.6. The van der Waals surface area contributed by atoms with E-state index in [-0.39, 0.29) is 5.91 Å². The molecule has 0 radical (unpaired) electrons. The van der Waals surface area contributed by atoms with Crippen molar-refractivity contribution in [1.82, 2.24) is 9.88 Å². The van der Waals surface area contributed by atoms with Crippen LogP contribution in [0.1, 0.15) is 20.9 Å². The molecule has 0 aliphatic rings. The van der Waals surface area contributed by atoms with Gasteiger partial charge in [0.05, 0.1) is 5.69 Å². The SMILES string of the molecule is Cc1nc(Cl)sc1C(=O)N(C)Cc1ccc([S@](C)=O)cc1. The first-order valence-electron chi connectivity index (χ1n) is 6.19. The molecule has 112 valence electrons. The monoisotopic (exact) mass is 342 g/mol. The number of hydrogen-bond acceptors (Lipinski definition) is 4. The topological polar surface area (TPSA) is 50.3 Å². The first-order chi connectivity index (χ1) is 9.88. The molecule has 7 heteroatoms. The molecule has 1 aromatic heterocycles. The van der Waals surface area contributed by atoms with E-state index in [2.05, 4.69) is 4.98 Å². The molecule has 0 bridgehead atoms. The van der Waals surface area contributed by atoms with Crippen LogP contribution in [0.15, 0.2) is 29.2 Å². The molecule has 1 atom stereocenters. The number of halogens is 1. The van der Waals surface area contributed by atoms with Crippen molar-refractivity contribution in [3.63, 3.8) is 0 Å². The van der Waals surface area contributed by atoms with Crippen LogP contribution in [-0.4, -0.2) is 33.3 Å². The molecule has 0 unspecified atom stereocenters. The van der Waals surface area contributed by atoms with Gasteiger partial charge in [-0.05, 0) is 24.6 Å². The summed E-state index contributed by atoms with van der Waals surface area (Å²) in [4.78, 5) is 19.4. The molecule has 1 amide bonds. The van der Waals surface area contributed by atoms with Crippen LogP contribution in [0.3, 0.4) is 0 Å². The first-order valence-corrected chi connectivity index (χ1v) is 8.94. The lowest BCUT2D eigenvalue weighted by molar-refractivity contribution is 0.0789. The fourth-order valence-corrected chi connectivity index (χ4v) is 3.53. The van der Waals surface area contributed by atoms with Crippen LogP contribution in [0.4, 0.5) is 0 Å². The van der Waals surface area contributed by atoms with Gasteiger partial charge in [0.1, 0.15) is 4.88 Å². The first kappa shape index (κ1) is 16.1. The number of carbonyl (C=O) groups is 1. The van der Waals surface area contributed by atoms with E-state index in [1.807, 2.05) is 24.3 Å². The van der Waals surface area contributed by atoms with Gasteiger partial charge in [-0.1, -0.05) is 35.1 Å². The second-order valence-electron chi connectivity index (χ2n) is 4.64. The molecular formula is C14H15ClN2O2S2. The number of amides is 1. The number of hydrogen-bond donors (Lipinski definition) is 0. The average Bonchev–Trinajstić information content (AvgIpc) is 2.77. The maximum absolute atomic E-state index is 12.3. The van der Waals surface area contributed by atoms with E-state index in [9.17, 15) is 9.00 Å². The minimum Gasteiger partial charge on any atom is -0.337 e. The van der Waals surface area contributed by atoms with Gasteiger partial charge in [-0.3, -0.25) is 9.00 Å². The van der Waals surface area contributed by atoms with Gasteiger partial charge >= 0.3 is 0 Å². The fraction of sp³-hybridized carbons (Fsp3) is 0.286. The lowest BCUT2D eigenvalue weighted by Crippen LogP contribution is -2.26. The van der Waals surface area contributed by atoms with Crippen LogP contribution in [0, 0.1) is 6.92 Å². The quantitative estimate of drug-likeness (QED) is 0.857. The second kappa shape index (κ2) is 6.68. The molecule has 0 saturated heterocycles. The van der Waals surface area contributed by atoms with Crippen LogP contribution < -0.4 is 0 Å². The Balaban J connectivity index is 2.10. The van der Waals surface area contributed by atoms with Gasteiger partial charge in [0, 0.05) is 35.5 Å². The Hall–Kier alpha value is -1.24. The van der Waals surface area contributed by atoms with E-state index < -0.39 is 10.8 Å². The summed E-state index contributed by atoms with van der Waals surface area (Å²) >= 11 is 7.02. The third kappa shape index (κ3) is 3.90. The highest BCUT2D eigenvalue weighted by Gasteiger charge is 2.18. The van der Waals surface area contributed by atoms with Gasteiger partial charge in [0.2, 0.25) is 0 Å². The van der Waals surface area contributed by atoms with Crippen LogP contribution in [0.25, 0.3) is 0 Å². The van der Waals surface area contributed by atoms with Gasteiger partial charge in [0.15, 0.2) is 4.47 Å². The number of carbonyl (C=O) groups excluding carboxylic acids is 1. The highest BCUT2D eigenvalue weighted by Crippen LogP contribution is 2.23. The summed E-state index contributed by atoms with van der Waals surface area (Å²) in [5.41, 5.74) is 1.63. The van der Waals surface area contributed by atoms with Gasteiger partial charge in [-0.15, -0.1) is 0 Å². The van der Waals surface area contributed by atoms with E-state index in [4.69, 9.17) is 11.6 Å². The summed E-state index contributed by atoms with van der Waals surface area (Å²) in [5.74, 6) is -0.0972. The number of nitrogens with zero attached hydrogens (tertiary/aromatic N) is 2. The van der Waals surface area contributed by atoms with Crippen LogP contribution >= 0.6 is 22.9 Å². The predicted molar refractivity (Wildman–Crippen MR) is 86.4 cm³/mol. The molecule has 0 fully saturated rings. The van der Waals surface area contributed by atoms with Crippen molar-refractivity contribution in [2.45, 2.75) is 18.4 Å². The van der Waals surface area contributed by atoms with Crippen molar-refractivity contribution in [2.24, 2.45) is 0 Å². The largest absolute Gasteiger partial charge is 0.337 e. The van der Waals surface area contributed by atoms with Crippen LogP contribution in [0.5, 0.6) is 0 Å².